The summed E-state index contributed by atoms with van der Waals surface area (Å²) in [5, 5.41) is 0. The van der Waals surface area contributed by atoms with Gasteiger partial charge >= 0.3 is 0 Å². The molecular formula is C17H22ClFN2. The highest BCUT2D eigenvalue weighted by Crippen LogP contribution is 2.53. The topological polar surface area (TPSA) is 17.8 Å². The maximum Gasteiger partial charge on any atom is 0.128 e. The van der Waals surface area contributed by atoms with Crippen LogP contribution in [0.25, 0.3) is 11.0 Å². The van der Waals surface area contributed by atoms with Crippen molar-refractivity contribution >= 4 is 22.6 Å². The van der Waals surface area contributed by atoms with Gasteiger partial charge in [-0.05, 0) is 42.7 Å². The quantitative estimate of drug-likeness (QED) is 0.732. The van der Waals surface area contributed by atoms with Crippen molar-refractivity contribution < 1.29 is 4.39 Å². The lowest BCUT2D eigenvalue weighted by atomic mass is 9.92. The molecule has 0 bridgehead atoms. The van der Waals surface area contributed by atoms with Gasteiger partial charge < -0.3 is 4.57 Å². The molecule has 21 heavy (non-hydrogen) atoms. The van der Waals surface area contributed by atoms with Gasteiger partial charge in [0.2, 0.25) is 0 Å². The Bertz CT molecular complexity index is 671. The summed E-state index contributed by atoms with van der Waals surface area (Å²) in [5.74, 6) is 1.99. The molecule has 1 heterocycles. The molecule has 0 N–H and O–H groups in total. The summed E-state index contributed by atoms with van der Waals surface area (Å²) in [7, 11) is 0. The fourth-order valence-corrected chi connectivity index (χ4v) is 3.31. The smallest absolute Gasteiger partial charge is 0.128 e. The van der Waals surface area contributed by atoms with E-state index >= 15 is 0 Å². The van der Waals surface area contributed by atoms with Crippen LogP contribution in [0.2, 0.25) is 0 Å². The number of benzene rings is 1. The van der Waals surface area contributed by atoms with Crippen LogP contribution in [0.5, 0.6) is 0 Å². The standard InChI is InChI=1S/C17H22ClFN2/c1-11(2)17(5-6-17)10-21-15-8-12(3)13(19)9-14(15)20-16(21)4-7-18/h8-9,11H,4-7,10H2,1-3H3. The average Bonchev–Trinajstić information content (AvgIpc) is 3.14. The van der Waals surface area contributed by atoms with Crippen molar-refractivity contribution in [1.29, 1.82) is 0 Å². The van der Waals surface area contributed by atoms with E-state index in [0.29, 0.717) is 22.8 Å². The van der Waals surface area contributed by atoms with Crippen molar-refractivity contribution in [2.45, 2.75) is 46.6 Å². The van der Waals surface area contributed by atoms with Gasteiger partial charge in [0.05, 0.1) is 11.0 Å². The molecule has 2 nitrogen and oxygen atoms in total. The lowest BCUT2D eigenvalue weighted by Gasteiger charge is -2.22. The number of fused-ring (bicyclic) bond motifs is 1. The normalized spacial score (nSPS) is 16.9. The molecular weight excluding hydrogens is 287 g/mol. The first kappa shape index (κ1) is 14.8. The minimum atomic E-state index is -0.186. The van der Waals surface area contributed by atoms with E-state index in [0.717, 1.165) is 29.8 Å². The lowest BCUT2D eigenvalue weighted by molar-refractivity contribution is 0.309. The van der Waals surface area contributed by atoms with Crippen molar-refractivity contribution in [2.75, 3.05) is 5.88 Å². The number of aryl methyl sites for hydroxylation is 2. The molecule has 1 fully saturated rings. The zero-order chi connectivity index (χ0) is 15.2. The van der Waals surface area contributed by atoms with Crippen molar-refractivity contribution in [3.8, 4) is 0 Å². The van der Waals surface area contributed by atoms with Gasteiger partial charge in [0, 0.05) is 24.9 Å². The molecule has 2 aromatic rings. The van der Waals surface area contributed by atoms with E-state index in [-0.39, 0.29) is 5.82 Å². The number of hydrogen-bond acceptors (Lipinski definition) is 1. The molecule has 0 atom stereocenters. The zero-order valence-corrected chi connectivity index (χ0v) is 13.7. The summed E-state index contributed by atoms with van der Waals surface area (Å²) in [6.45, 7) is 7.36. The Labute approximate surface area is 130 Å². The van der Waals surface area contributed by atoms with Crippen LogP contribution in [0.15, 0.2) is 12.1 Å². The van der Waals surface area contributed by atoms with Gasteiger partial charge in [0.1, 0.15) is 11.6 Å². The third kappa shape index (κ3) is 2.57. The van der Waals surface area contributed by atoms with Gasteiger partial charge in [-0.15, -0.1) is 11.6 Å². The molecule has 0 spiro atoms. The zero-order valence-electron chi connectivity index (χ0n) is 12.9. The minimum Gasteiger partial charge on any atom is -0.327 e. The lowest BCUT2D eigenvalue weighted by Crippen LogP contribution is -2.19. The van der Waals surface area contributed by atoms with E-state index in [1.807, 2.05) is 13.0 Å². The van der Waals surface area contributed by atoms with E-state index in [1.165, 1.54) is 12.8 Å². The predicted molar refractivity (Wildman–Crippen MR) is 85.4 cm³/mol. The van der Waals surface area contributed by atoms with Crippen LogP contribution in [-0.4, -0.2) is 15.4 Å². The molecule has 114 valence electrons. The molecule has 0 unspecified atom stereocenters. The molecule has 1 aromatic heterocycles. The Balaban J connectivity index is 2.09. The third-order valence-corrected chi connectivity index (χ3v) is 5.20. The molecule has 1 saturated carbocycles. The second-order valence-electron chi connectivity index (χ2n) is 6.66. The van der Waals surface area contributed by atoms with Crippen LogP contribution in [0.3, 0.4) is 0 Å². The van der Waals surface area contributed by atoms with Gasteiger partial charge in [-0.2, -0.15) is 0 Å². The average molecular weight is 309 g/mol. The van der Waals surface area contributed by atoms with E-state index in [2.05, 4.69) is 23.4 Å². The van der Waals surface area contributed by atoms with Gasteiger partial charge in [-0.25, -0.2) is 9.37 Å². The summed E-state index contributed by atoms with van der Waals surface area (Å²) in [5.41, 5.74) is 2.85. The monoisotopic (exact) mass is 308 g/mol. The molecule has 3 rings (SSSR count). The second-order valence-corrected chi connectivity index (χ2v) is 7.04. The molecule has 0 amide bonds. The van der Waals surface area contributed by atoms with Gasteiger partial charge in [-0.3, -0.25) is 0 Å². The van der Waals surface area contributed by atoms with E-state index in [4.69, 9.17) is 11.6 Å². The van der Waals surface area contributed by atoms with Crippen LogP contribution < -0.4 is 0 Å². The third-order valence-electron chi connectivity index (χ3n) is 5.02. The first-order valence-corrected chi connectivity index (χ1v) is 8.21. The van der Waals surface area contributed by atoms with Crippen molar-refractivity contribution in [2.24, 2.45) is 11.3 Å². The van der Waals surface area contributed by atoms with Crippen LogP contribution in [0.1, 0.15) is 38.1 Å². The number of alkyl halides is 1. The highest BCUT2D eigenvalue weighted by atomic mass is 35.5. The summed E-state index contributed by atoms with van der Waals surface area (Å²) in [6.07, 6.45) is 3.26. The SMILES string of the molecule is Cc1cc2c(cc1F)nc(CCCl)n2CC1(C(C)C)CC1. The predicted octanol–water partition coefficient (Wildman–Crippen LogP) is 4.70. The number of imidazole rings is 1. The Morgan fingerprint density at radius 1 is 1.38 bits per heavy atom. The summed E-state index contributed by atoms with van der Waals surface area (Å²) < 4.78 is 16.1. The Morgan fingerprint density at radius 3 is 2.67 bits per heavy atom. The maximum absolute atomic E-state index is 13.8. The fourth-order valence-electron chi connectivity index (χ4n) is 3.15. The summed E-state index contributed by atoms with van der Waals surface area (Å²) >= 11 is 5.92. The molecule has 0 radical (unpaired) electrons. The molecule has 0 aliphatic heterocycles. The first-order valence-electron chi connectivity index (χ1n) is 7.68. The van der Waals surface area contributed by atoms with Crippen LogP contribution in [0.4, 0.5) is 4.39 Å². The maximum atomic E-state index is 13.8. The number of halogens is 2. The minimum absolute atomic E-state index is 0.186. The molecule has 1 aliphatic rings. The second kappa shape index (κ2) is 5.28. The summed E-state index contributed by atoms with van der Waals surface area (Å²) in [6, 6.07) is 3.47. The van der Waals surface area contributed by atoms with Crippen molar-refractivity contribution in [3.05, 3.63) is 29.3 Å². The Kier molecular flexibility index (Phi) is 3.73. The van der Waals surface area contributed by atoms with Crippen LogP contribution in [0, 0.1) is 24.1 Å². The molecule has 1 aliphatic carbocycles. The van der Waals surface area contributed by atoms with E-state index in [1.54, 1.807) is 6.07 Å². The van der Waals surface area contributed by atoms with Gasteiger partial charge in [0.25, 0.3) is 0 Å². The highest BCUT2D eigenvalue weighted by molar-refractivity contribution is 6.17. The molecule has 0 saturated heterocycles. The number of aromatic nitrogens is 2. The molecule has 1 aromatic carbocycles. The van der Waals surface area contributed by atoms with Crippen LogP contribution >= 0.6 is 11.6 Å². The van der Waals surface area contributed by atoms with E-state index < -0.39 is 0 Å². The van der Waals surface area contributed by atoms with Gasteiger partial charge in [0.15, 0.2) is 0 Å². The number of hydrogen-bond donors (Lipinski definition) is 0. The van der Waals surface area contributed by atoms with Crippen molar-refractivity contribution in [1.82, 2.24) is 9.55 Å². The van der Waals surface area contributed by atoms with E-state index in [9.17, 15) is 4.39 Å². The fraction of sp³-hybridized carbons (Fsp3) is 0.588. The van der Waals surface area contributed by atoms with Gasteiger partial charge in [-0.1, -0.05) is 13.8 Å². The molecule has 4 heteroatoms. The summed E-state index contributed by atoms with van der Waals surface area (Å²) in [4.78, 5) is 4.61. The van der Waals surface area contributed by atoms with Crippen LogP contribution in [-0.2, 0) is 13.0 Å². The number of nitrogens with zero attached hydrogens (tertiary/aromatic N) is 2. The largest absolute Gasteiger partial charge is 0.327 e. The number of rotatable bonds is 5. The first-order chi connectivity index (χ1) is 9.97. The Hall–Kier alpha value is -1.09. The highest BCUT2D eigenvalue weighted by Gasteiger charge is 2.46. The Morgan fingerprint density at radius 2 is 2.10 bits per heavy atom. The van der Waals surface area contributed by atoms with Crippen molar-refractivity contribution in [3.63, 3.8) is 0 Å².